The zero-order valence-corrected chi connectivity index (χ0v) is 16.2. The van der Waals surface area contributed by atoms with E-state index in [0.29, 0.717) is 26.9 Å². The Morgan fingerprint density at radius 2 is 1.89 bits per heavy atom. The highest BCUT2D eigenvalue weighted by molar-refractivity contribution is 6.31. The molecule has 0 radical (unpaired) electrons. The molecule has 136 valence electrons. The van der Waals surface area contributed by atoms with Crippen molar-refractivity contribution in [2.75, 3.05) is 5.32 Å². The van der Waals surface area contributed by atoms with Gasteiger partial charge in [0.1, 0.15) is 5.41 Å². The van der Waals surface area contributed by atoms with Crippen molar-refractivity contribution in [1.29, 1.82) is 0 Å². The zero-order chi connectivity index (χ0) is 19.3. The third-order valence-corrected chi connectivity index (χ3v) is 5.84. The molecule has 0 bridgehead atoms. The van der Waals surface area contributed by atoms with Gasteiger partial charge in [0.25, 0.3) is 0 Å². The van der Waals surface area contributed by atoms with Crippen molar-refractivity contribution in [3.05, 3.63) is 87.4 Å². The molecule has 2 aromatic carbocycles. The van der Waals surface area contributed by atoms with E-state index in [1.54, 1.807) is 31.2 Å². The predicted molar refractivity (Wildman–Crippen MR) is 108 cm³/mol. The fourth-order valence-corrected chi connectivity index (χ4v) is 4.52. The van der Waals surface area contributed by atoms with Crippen LogP contribution in [-0.2, 0) is 15.0 Å². The van der Waals surface area contributed by atoms with Gasteiger partial charge in [0.15, 0.2) is 5.78 Å². The summed E-state index contributed by atoms with van der Waals surface area (Å²) < 4.78 is 0. The standard InChI is InChI=1S/C22H17Cl2NO2/c1-12(2)16-11-22(17-7-6-15(24)9-19(17)25-21(22)27)18(10-20(16)26)13-4-3-5-14(23)8-13/h3-9,11,18H,1,10H2,2H3,(H,25,27)/t18-,22-/m0/s1. The molecule has 3 nitrogen and oxygen atoms in total. The topological polar surface area (TPSA) is 46.2 Å². The van der Waals surface area contributed by atoms with Crippen LogP contribution in [0.1, 0.15) is 30.4 Å². The first kappa shape index (κ1) is 18.0. The number of nitrogens with one attached hydrogen (secondary N) is 1. The number of amides is 1. The molecule has 0 fully saturated rings. The molecule has 2 aliphatic rings. The van der Waals surface area contributed by atoms with E-state index in [0.717, 1.165) is 11.1 Å². The number of Topliss-reactive ketones (excluding diaryl/α,β-unsaturated/α-hetero) is 1. The molecule has 1 aliphatic carbocycles. The average molecular weight is 398 g/mol. The molecule has 4 rings (SSSR count). The third-order valence-electron chi connectivity index (χ3n) is 5.37. The largest absolute Gasteiger partial charge is 0.325 e. The number of hydrogen-bond donors (Lipinski definition) is 1. The minimum absolute atomic E-state index is 0.0201. The number of allylic oxidation sites excluding steroid dienone is 2. The molecule has 0 saturated carbocycles. The lowest BCUT2D eigenvalue weighted by Crippen LogP contribution is -2.43. The Bertz CT molecular complexity index is 1040. The molecule has 2 aromatic rings. The van der Waals surface area contributed by atoms with Gasteiger partial charge in [-0.05, 0) is 47.9 Å². The van der Waals surface area contributed by atoms with Crippen molar-refractivity contribution in [3.63, 3.8) is 0 Å². The van der Waals surface area contributed by atoms with E-state index in [-0.39, 0.29) is 24.0 Å². The number of carbonyl (C=O) groups is 2. The van der Waals surface area contributed by atoms with Crippen LogP contribution in [0.25, 0.3) is 0 Å². The van der Waals surface area contributed by atoms with E-state index < -0.39 is 5.41 Å². The van der Waals surface area contributed by atoms with Crippen LogP contribution in [0.2, 0.25) is 10.0 Å². The summed E-state index contributed by atoms with van der Waals surface area (Å²) in [6, 6.07) is 12.7. The zero-order valence-electron chi connectivity index (χ0n) is 14.7. The molecule has 1 amide bonds. The van der Waals surface area contributed by atoms with Crippen molar-refractivity contribution >= 4 is 40.6 Å². The molecule has 2 atom stereocenters. The van der Waals surface area contributed by atoms with Gasteiger partial charge < -0.3 is 5.32 Å². The number of halogens is 2. The monoisotopic (exact) mass is 397 g/mol. The number of fused-ring (bicyclic) bond motifs is 2. The molecule has 27 heavy (non-hydrogen) atoms. The lowest BCUT2D eigenvalue weighted by molar-refractivity contribution is -0.121. The summed E-state index contributed by atoms with van der Waals surface area (Å²) in [6.45, 7) is 5.71. The van der Waals surface area contributed by atoms with Gasteiger partial charge in [0.2, 0.25) is 5.91 Å². The highest BCUT2D eigenvalue weighted by atomic mass is 35.5. The first-order valence-electron chi connectivity index (χ1n) is 8.62. The number of hydrogen-bond acceptors (Lipinski definition) is 2. The van der Waals surface area contributed by atoms with Gasteiger partial charge >= 0.3 is 0 Å². The number of benzene rings is 2. The summed E-state index contributed by atoms with van der Waals surface area (Å²) in [4.78, 5) is 26.1. The van der Waals surface area contributed by atoms with Crippen molar-refractivity contribution in [2.45, 2.75) is 24.7 Å². The minimum Gasteiger partial charge on any atom is -0.325 e. The van der Waals surface area contributed by atoms with Crippen molar-refractivity contribution in [1.82, 2.24) is 0 Å². The summed E-state index contributed by atoms with van der Waals surface area (Å²) in [5.74, 6) is -0.557. The van der Waals surface area contributed by atoms with Crippen LogP contribution in [0.15, 0.2) is 66.3 Å². The van der Waals surface area contributed by atoms with Gasteiger partial charge in [-0.25, -0.2) is 0 Å². The van der Waals surface area contributed by atoms with Gasteiger partial charge in [-0.1, -0.05) is 54.1 Å². The summed E-state index contributed by atoms with van der Waals surface area (Å²) in [6.07, 6.45) is 1.98. The molecule has 1 aliphatic heterocycles. The van der Waals surface area contributed by atoms with Gasteiger partial charge in [0.05, 0.1) is 0 Å². The van der Waals surface area contributed by atoms with Crippen LogP contribution < -0.4 is 5.32 Å². The summed E-state index contributed by atoms with van der Waals surface area (Å²) in [5.41, 5.74) is 2.49. The van der Waals surface area contributed by atoms with Crippen LogP contribution in [0.5, 0.6) is 0 Å². The highest BCUT2D eigenvalue weighted by Crippen LogP contribution is 2.53. The molecular weight excluding hydrogens is 381 g/mol. The van der Waals surface area contributed by atoms with Gasteiger partial charge in [-0.3, -0.25) is 9.59 Å². The Morgan fingerprint density at radius 1 is 1.15 bits per heavy atom. The highest BCUT2D eigenvalue weighted by Gasteiger charge is 2.54. The smallest absolute Gasteiger partial charge is 0.239 e. The molecule has 0 unspecified atom stereocenters. The lowest BCUT2D eigenvalue weighted by atomic mass is 9.62. The quantitative estimate of drug-likeness (QED) is 0.732. The summed E-state index contributed by atoms with van der Waals surface area (Å²) in [7, 11) is 0. The van der Waals surface area contributed by atoms with Crippen LogP contribution in [0.4, 0.5) is 5.69 Å². The second kappa shape index (κ2) is 6.36. The third kappa shape index (κ3) is 2.73. The fourth-order valence-electron chi connectivity index (χ4n) is 4.15. The lowest BCUT2D eigenvalue weighted by Gasteiger charge is -2.38. The Labute approximate surface area is 167 Å². The first-order chi connectivity index (χ1) is 12.8. The number of carbonyl (C=O) groups excluding carboxylic acids is 2. The Balaban J connectivity index is 2.02. The number of rotatable bonds is 2. The maximum absolute atomic E-state index is 13.3. The van der Waals surface area contributed by atoms with Crippen LogP contribution in [-0.4, -0.2) is 11.7 Å². The first-order valence-corrected chi connectivity index (χ1v) is 9.37. The second-order valence-corrected chi connectivity index (χ2v) is 7.96. The van der Waals surface area contributed by atoms with Crippen LogP contribution >= 0.6 is 23.2 Å². The molecular formula is C22H17Cl2NO2. The summed E-state index contributed by atoms with van der Waals surface area (Å²) in [5, 5.41) is 4.06. The Kier molecular flexibility index (Phi) is 4.25. The molecule has 1 spiro atoms. The Hall–Kier alpha value is -2.36. The van der Waals surface area contributed by atoms with E-state index in [4.69, 9.17) is 23.2 Å². The van der Waals surface area contributed by atoms with E-state index >= 15 is 0 Å². The minimum atomic E-state index is -1.01. The van der Waals surface area contributed by atoms with E-state index in [1.807, 2.05) is 24.3 Å². The van der Waals surface area contributed by atoms with Crippen LogP contribution in [0.3, 0.4) is 0 Å². The molecule has 1 heterocycles. The number of anilines is 1. The molecule has 5 heteroatoms. The van der Waals surface area contributed by atoms with E-state index in [9.17, 15) is 9.59 Å². The molecule has 0 saturated heterocycles. The maximum atomic E-state index is 13.3. The predicted octanol–water partition coefficient (Wildman–Crippen LogP) is 5.44. The fraction of sp³-hybridized carbons (Fsp3) is 0.182. The van der Waals surface area contributed by atoms with Crippen molar-refractivity contribution in [3.8, 4) is 0 Å². The van der Waals surface area contributed by atoms with Crippen molar-refractivity contribution in [2.24, 2.45) is 0 Å². The van der Waals surface area contributed by atoms with Crippen molar-refractivity contribution < 1.29 is 9.59 Å². The molecule has 0 aromatic heterocycles. The SMILES string of the molecule is C=C(C)C1=C[C@@]2(C(=O)Nc3cc(Cl)ccc32)[C@H](c2cccc(Cl)c2)CC1=O. The van der Waals surface area contributed by atoms with Gasteiger partial charge in [0, 0.05) is 33.6 Å². The van der Waals surface area contributed by atoms with E-state index in [2.05, 4.69) is 11.9 Å². The van der Waals surface area contributed by atoms with Crippen LogP contribution in [0, 0.1) is 0 Å². The van der Waals surface area contributed by atoms with Gasteiger partial charge in [-0.15, -0.1) is 0 Å². The maximum Gasteiger partial charge on any atom is 0.239 e. The molecule has 1 N–H and O–H groups in total. The van der Waals surface area contributed by atoms with Gasteiger partial charge in [-0.2, -0.15) is 0 Å². The Morgan fingerprint density at radius 3 is 2.59 bits per heavy atom. The van der Waals surface area contributed by atoms with E-state index in [1.165, 1.54) is 0 Å². The number of ketones is 1. The summed E-state index contributed by atoms with van der Waals surface area (Å²) >= 11 is 12.3. The average Bonchev–Trinajstić information content (AvgIpc) is 2.87. The second-order valence-electron chi connectivity index (χ2n) is 7.09. The normalized spacial score (nSPS) is 23.8.